The molecule has 1 saturated carbocycles. The van der Waals surface area contributed by atoms with Crippen LogP contribution in [0.3, 0.4) is 0 Å². The summed E-state index contributed by atoms with van der Waals surface area (Å²) in [5.41, 5.74) is 0. The topological polar surface area (TPSA) is 58.6 Å². The van der Waals surface area contributed by atoms with E-state index >= 15 is 0 Å². The van der Waals surface area contributed by atoms with Crippen molar-refractivity contribution in [3.05, 3.63) is 0 Å². The summed E-state index contributed by atoms with van der Waals surface area (Å²) in [6, 6.07) is 0.0161. The fourth-order valence-corrected chi connectivity index (χ4v) is 4.22. The van der Waals surface area contributed by atoms with E-state index < -0.39 is 0 Å². The third kappa shape index (κ3) is 4.69. The molecule has 0 aromatic heterocycles. The van der Waals surface area contributed by atoms with Crippen LogP contribution in [0.2, 0.25) is 0 Å². The molecule has 1 amide bonds. The van der Waals surface area contributed by atoms with Gasteiger partial charge in [0, 0.05) is 6.04 Å². The molecule has 132 valence electrons. The Kier molecular flexibility index (Phi) is 6.45. The third-order valence-corrected chi connectivity index (χ3v) is 5.55. The van der Waals surface area contributed by atoms with Crippen LogP contribution in [0.5, 0.6) is 0 Å². The molecule has 23 heavy (non-hydrogen) atoms. The summed E-state index contributed by atoms with van der Waals surface area (Å²) in [5.74, 6) is 1.64. The lowest BCUT2D eigenvalue weighted by atomic mass is 9.74. The van der Waals surface area contributed by atoms with E-state index in [0.717, 1.165) is 25.8 Å². The molecule has 0 aromatic carbocycles. The fraction of sp³-hybridized carbons (Fsp3) is 0.889. The number of hydrogen-bond donors (Lipinski definition) is 1. The lowest BCUT2D eigenvalue weighted by Crippen LogP contribution is -2.50. The summed E-state index contributed by atoms with van der Waals surface area (Å²) < 4.78 is 4.85. The largest absolute Gasteiger partial charge is 0.468 e. The van der Waals surface area contributed by atoms with Crippen LogP contribution in [0.4, 0.5) is 0 Å². The van der Waals surface area contributed by atoms with E-state index in [9.17, 15) is 9.59 Å². The van der Waals surface area contributed by atoms with Crippen molar-refractivity contribution < 1.29 is 14.3 Å². The quantitative estimate of drug-likeness (QED) is 0.788. The number of carbonyl (C=O) groups is 2. The van der Waals surface area contributed by atoms with Crippen LogP contribution in [0.15, 0.2) is 0 Å². The Morgan fingerprint density at radius 2 is 2.00 bits per heavy atom. The Hall–Kier alpha value is -1.10. The molecule has 2 aliphatic rings. The Morgan fingerprint density at radius 1 is 1.26 bits per heavy atom. The number of ether oxygens (including phenoxy) is 1. The standard InChI is InChI=1S/C18H32N2O3/c1-12(2)14-8-7-13(3)10-15(14)19-17(21)11-20-9-5-6-16(20)18(22)23-4/h12-16H,5-11H2,1-4H3,(H,19,21)/t13-,14+,15+,16+/m1/s1. The number of likely N-dealkylation sites (tertiary alicyclic amines) is 1. The van der Waals surface area contributed by atoms with Gasteiger partial charge in [-0.05, 0) is 50.0 Å². The van der Waals surface area contributed by atoms with Crippen LogP contribution < -0.4 is 5.32 Å². The number of carbonyl (C=O) groups excluding carboxylic acids is 2. The van der Waals surface area contributed by atoms with Gasteiger partial charge in [-0.15, -0.1) is 0 Å². The van der Waals surface area contributed by atoms with Gasteiger partial charge in [0.2, 0.25) is 5.91 Å². The second kappa shape index (κ2) is 8.13. The maximum Gasteiger partial charge on any atom is 0.323 e. The molecule has 5 heteroatoms. The molecule has 4 atom stereocenters. The average Bonchev–Trinajstić information content (AvgIpc) is 2.94. The molecule has 0 unspecified atom stereocenters. The molecular formula is C18H32N2O3. The summed E-state index contributed by atoms with van der Waals surface area (Å²) in [6.45, 7) is 7.85. The Balaban J connectivity index is 1.91. The van der Waals surface area contributed by atoms with Crippen molar-refractivity contribution in [2.45, 2.75) is 65.0 Å². The van der Waals surface area contributed by atoms with Crippen molar-refractivity contribution in [1.82, 2.24) is 10.2 Å². The Morgan fingerprint density at radius 3 is 2.65 bits per heavy atom. The van der Waals surface area contributed by atoms with E-state index in [-0.39, 0.29) is 24.0 Å². The van der Waals surface area contributed by atoms with Crippen LogP contribution in [0.1, 0.15) is 52.9 Å². The van der Waals surface area contributed by atoms with Crippen LogP contribution in [0, 0.1) is 17.8 Å². The first-order chi connectivity index (χ1) is 10.9. The van der Waals surface area contributed by atoms with E-state index in [1.165, 1.54) is 20.0 Å². The van der Waals surface area contributed by atoms with Crippen molar-refractivity contribution in [2.75, 3.05) is 20.2 Å². The van der Waals surface area contributed by atoms with Crippen molar-refractivity contribution in [3.63, 3.8) is 0 Å². The highest BCUT2D eigenvalue weighted by Gasteiger charge is 2.35. The maximum atomic E-state index is 12.5. The smallest absolute Gasteiger partial charge is 0.323 e. The zero-order valence-corrected chi connectivity index (χ0v) is 15.0. The van der Waals surface area contributed by atoms with Crippen LogP contribution in [-0.4, -0.2) is 49.1 Å². The lowest BCUT2D eigenvalue weighted by molar-refractivity contribution is -0.146. The van der Waals surface area contributed by atoms with Crippen molar-refractivity contribution in [3.8, 4) is 0 Å². The number of esters is 1. The predicted molar refractivity (Wildman–Crippen MR) is 89.9 cm³/mol. The van der Waals surface area contributed by atoms with Gasteiger partial charge in [0.1, 0.15) is 6.04 Å². The van der Waals surface area contributed by atoms with Crippen LogP contribution >= 0.6 is 0 Å². The van der Waals surface area contributed by atoms with Gasteiger partial charge < -0.3 is 10.1 Å². The molecular weight excluding hydrogens is 292 g/mol. The SMILES string of the molecule is COC(=O)[C@@H]1CCCN1CC(=O)N[C@H]1C[C@H](C)CC[C@H]1C(C)C. The number of methoxy groups -OCH3 is 1. The number of amides is 1. The minimum absolute atomic E-state index is 0.0468. The van der Waals surface area contributed by atoms with E-state index in [4.69, 9.17) is 4.74 Å². The summed E-state index contributed by atoms with van der Waals surface area (Å²) in [5, 5.41) is 3.25. The minimum atomic E-state index is -0.253. The van der Waals surface area contributed by atoms with Gasteiger partial charge in [0.25, 0.3) is 0 Å². The summed E-state index contributed by atoms with van der Waals surface area (Å²) in [7, 11) is 1.41. The van der Waals surface area contributed by atoms with Crippen molar-refractivity contribution in [1.29, 1.82) is 0 Å². The number of hydrogen-bond acceptors (Lipinski definition) is 4. The molecule has 2 rings (SSSR count). The normalized spacial score (nSPS) is 32.0. The number of nitrogens with one attached hydrogen (secondary N) is 1. The molecule has 0 aromatic rings. The number of rotatable bonds is 5. The first-order valence-electron chi connectivity index (χ1n) is 9.03. The summed E-state index contributed by atoms with van der Waals surface area (Å²) in [4.78, 5) is 26.2. The van der Waals surface area contributed by atoms with Gasteiger partial charge in [0.15, 0.2) is 0 Å². The van der Waals surface area contributed by atoms with Gasteiger partial charge in [-0.2, -0.15) is 0 Å². The van der Waals surface area contributed by atoms with Gasteiger partial charge in [-0.3, -0.25) is 14.5 Å². The zero-order chi connectivity index (χ0) is 17.0. The van der Waals surface area contributed by atoms with Crippen molar-refractivity contribution in [2.24, 2.45) is 17.8 Å². The zero-order valence-electron chi connectivity index (χ0n) is 15.0. The van der Waals surface area contributed by atoms with Gasteiger partial charge >= 0.3 is 5.97 Å². The first kappa shape index (κ1) is 18.2. The molecule has 0 spiro atoms. The molecule has 0 radical (unpaired) electrons. The monoisotopic (exact) mass is 324 g/mol. The van der Waals surface area contributed by atoms with E-state index in [0.29, 0.717) is 24.3 Å². The predicted octanol–water partition coefficient (Wildman–Crippen LogP) is 2.20. The molecule has 5 nitrogen and oxygen atoms in total. The molecule has 2 fully saturated rings. The molecule has 0 bridgehead atoms. The maximum absolute atomic E-state index is 12.5. The average molecular weight is 324 g/mol. The van der Waals surface area contributed by atoms with Crippen molar-refractivity contribution >= 4 is 11.9 Å². The molecule has 1 aliphatic carbocycles. The van der Waals surface area contributed by atoms with Crippen LogP contribution in [-0.2, 0) is 14.3 Å². The fourth-order valence-electron chi connectivity index (χ4n) is 4.22. The highest BCUT2D eigenvalue weighted by atomic mass is 16.5. The second-order valence-corrected chi connectivity index (χ2v) is 7.65. The molecule has 1 heterocycles. The van der Waals surface area contributed by atoms with E-state index in [1.54, 1.807) is 0 Å². The molecule has 1 aliphatic heterocycles. The van der Waals surface area contributed by atoms with E-state index in [2.05, 4.69) is 26.1 Å². The number of nitrogens with zero attached hydrogens (tertiary/aromatic N) is 1. The van der Waals surface area contributed by atoms with Gasteiger partial charge in [0.05, 0.1) is 13.7 Å². The molecule has 1 N–H and O–H groups in total. The second-order valence-electron chi connectivity index (χ2n) is 7.65. The van der Waals surface area contributed by atoms with E-state index in [1.807, 2.05) is 4.90 Å². The molecule has 1 saturated heterocycles. The van der Waals surface area contributed by atoms with Gasteiger partial charge in [-0.25, -0.2) is 0 Å². The summed E-state index contributed by atoms with van der Waals surface area (Å²) >= 11 is 0. The Bertz CT molecular complexity index is 424. The minimum Gasteiger partial charge on any atom is -0.468 e. The third-order valence-electron chi connectivity index (χ3n) is 5.55. The highest BCUT2D eigenvalue weighted by Crippen LogP contribution is 2.33. The van der Waals surface area contributed by atoms with Crippen LogP contribution in [0.25, 0.3) is 0 Å². The summed E-state index contributed by atoms with van der Waals surface area (Å²) in [6.07, 6.45) is 5.25. The first-order valence-corrected chi connectivity index (χ1v) is 9.03. The highest BCUT2D eigenvalue weighted by molar-refractivity contribution is 5.81. The lowest BCUT2D eigenvalue weighted by Gasteiger charge is -2.38. The van der Waals surface area contributed by atoms with Gasteiger partial charge in [-0.1, -0.05) is 27.2 Å². The Labute approximate surface area is 140 Å².